The van der Waals surface area contributed by atoms with Crippen LogP contribution in [0.4, 0.5) is 26.2 Å². The van der Waals surface area contributed by atoms with Gasteiger partial charge < -0.3 is 16.0 Å². The number of hydrogen-bond acceptors (Lipinski definition) is 4. The zero-order chi connectivity index (χ0) is 24.1. The van der Waals surface area contributed by atoms with Gasteiger partial charge in [0.25, 0.3) is 0 Å². The van der Waals surface area contributed by atoms with E-state index in [0.29, 0.717) is 29.9 Å². The molecule has 1 fully saturated rings. The molecule has 3 amide bonds. The molecule has 0 spiro atoms. The van der Waals surface area contributed by atoms with Gasteiger partial charge in [0.1, 0.15) is 11.9 Å². The van der Waals surface area contributed by atoms with Gasteiger partial charge in [-0.2, -0.15) is 4.31 Å². The van der Waals surface area contributed by atoms with E-state index in [-0.39, 0.29) is 11.4 Å². The van der Waals surface area contributed by atoms with Gasteiger partial charge in [-0.05, 0) is 67.4 Å². The maximum Gasteiger partial charge on any atom is 0.323 e. The fourth-order valence-electron chi connectivity index (χ4n) is 3.75. The Balaban J connectivity index is 1.43. The fraction of sp³-hybridized carbons (Fsp3) is 0.167. The molecule has 0 aromatic heterocycles. The minimum absolute atomic E-state index is 0.0655. The van der Waals surface area contributed by atoms with Gasteiger partial charge in [0.2, 0.25) is 15.9 Å². The third-order valence-electron chi connectivity index (χ3n) is 5.35. The number of urea groups is 1. The molecule has 34 heavy (non-hydrogen) atoms. The van der Waals surface area contributed by atoms with E-state index in [1.54, 1.807) is 48.5 Å². The van der Waals surface area contributed by atoms with Crippen molar-refractivity contribution in [2.24, 2.45) is 0 Å². The Morgan fingerprint density at radius 1 is 0.824 bits per heavy atom. The summed E-state index contributed by atoms with van der Waals surface area (Å²) in [4.78, 5) is 25.1. The number of hydrogen-bond donors (Lipinski definition) is 3. The van der Waals surface area contributed by atoms with Crippen LogP contribution in [0.25, 0.3) is 0 Å². The smallest absolute Gasteiger partial charge is 0.323 e. The molecule has 0 saturated carbocycles. The van der Waals surface area contributed by atoms with Gasteiger partial charge in [-0.3, -0.25) is 4.79 Å². The highest BCUT2D eigenvalue weighted by Crippen LogP contribution is 2.27. The summed E-state index contributed by atoms with van der Waals surface area (Å²) >= 11 is 0. The van der Waals surface area contributed by atoms with Gasteiger partial charge in [0.15, 0.2) is 0 Å². The molecule has 10 heteroatoms. The number of benzene rings is 3. The second-order valence-corrected chi connectivity index (χ2v) is 9.63. The highest BCUT2D eigenvalue weighted by Gasteiger charge is 2.39. The summed E-state index contributed by atoms with van der Waals surface area (Å²) in [6.07, 6.45) is 0.892. The molecule has 3 aromatic carbocycles. The van der Waals surface area contributed by atoms with Crippen LogP contribution in [-0.2, 0) is 14.8 Å². The summed E-state index contributed by atoms with van der Waals surface area (Å²) in [5.41, 5.74) is 1.50. The van der Waals surface area contributed by atoms with Gasteiger partial charge in [0.05, 0.1) is 4.90 Å². The van der Waals surface area contributed by atoms with Gasteiger partial charge in [-0.15, -0.1) is 0 Å². The number of halogens is 1. The van der Waals surface area contributed by atoms with Crippen LogP contribution in [0.15, 0.2) is 83.8 Å². The van der Waals surface area contributed by atoms with E-state index in [1.165, 1.54) is 12.1 Å². The number of amides is 3. The number of para-hydroxylation sites is 1. The number of nitrogens with one attached hydrogen (secondary N) is 3. The predicted molar refractivity (Wildman–Crippen MR) is 127 cm³/mol. The van der Waals surface area contributed by atoms with E-state index in [0.717, 1.165) is 16.4 Å². The quantitative estimate of drug-likeness (QED) is 0.488. The van der Waals surface area contributed by atoms with Crippen molar-refractivity contribution < 1.29 is 22.4 Å². The lowest BCUT2D eigenvalue weighted by atomic mass is 10.2. The van der Waals surface area contributed by atoms with E-state index in [2.05, 4.69) is 16.0 Å². The maximum atomic E-state index is 13.2. The molecule has 0 aliphatic carbocycles. The lowest BCUT2D eigenvalue weighted by Crippen LogP contribution is -2.43. The van der Waals surface area contributed by atoms with Crippen LogP contribution in [0.2, 0.25) is 0 Å². The van der Waals surface area contributed by atoms with Crippen molar-refractivity contribution in [2.75, 3.05) is 22.5 Å². The molecule has 1 aliphatic rings. The van der Waals surface area contributed by atoms with E-state index in [9.17, 15) is 22.4 Å². The Labute approximate surface area is 196 Å². The molecule has 0 radical (unpaired) electrons. The lowest BCUT2D eigenvalue weighted by molar-refractivity contribution is -0.119. The minimum atomic E-state index is -3.96. The average Bonchev–Trinajstić information content (AvgIpc) is 3.31. The van der Waals surface area contributed by atoms with Gasteiger partial charge in [-0.1, -0.05) is 24.3 Å². The van der Waals surface area contributed by atoms with Crippen LogP contribution < -0.4 is 16.0 Å². The Morgan fingerprint density at radius 2 is 1.44 bits per heavy atom. The number of rotatable bonds is 6. The average molecular weight is 483 g/mol. The number of anilines is 3. The van der Waals surface area contributed by atoms with E-state index in [4.69, 9.17) is 0 Å². The lowest BCUT2D eigenvalue weighted by Gasteiger charge is -2.23. The zero-order valence-electron chi connectivity index (χ0n) is 18.1. The fourth-order valence-corrected chi connectivity index (χ4v) is 5.40. The van der Waals surface area contributed by atoms with Crippen molar-refractivity contribution in [3.63, 3.8) is 0 Å². The molecule has 1 atom stereocenters. The molecule has 1 heterocycles. The molecular weight excluding hydrogens is 459 g/mol. The SMILES string of the molecule is O=C(Nc1ccccc1)Nc1cccc(NC(=O)[C@H]2CCCN2S(=O)(=O)c2ccc(F)cc2)c1. The highest BCUT2D eigenvalue weighted by atomic mass is 32.2. The van der Waals surface area contributed by atoms with E-state index < -0.39 is 33.8 Å². The van der Waals surface area contributed by atoms with Crippen LogP contribution in [0, 0.1) is 5.82 Å². The number of nitrogens with zero attached hydrogens (tertiary/aromatic N) is 1. The van der Waals surface area contributed by atoms with Gasteiger partial charge >= 0.3 is 6.03 Å². The maximum absolute atomic E-state index is 13.2. The monoisotopic (exact) mass is 482 g/mol. The van der Waals surface area contributed by atoms with Crippen LogP contribution in [-0.4, -0.2) is 37.2 Å². The topological polar surface area (TPSA) is 108 Å². The Kier molecular flexibility index (Phi) is 6.90. The third kappa shape index (κ3) is 5.41. The van der Waals surface area contributed by atoms with Crippen molar-refractivity contribution >= 4 is 39.0 Å². The number of carbonyl (C=O) groups excluding carboxylic acids is 2. The first-order valence-corrected chi connectivity index (χ1v) is 12.1. The second-order valence-electron chi connectivity index (χ2n) is 7.74. The minimum Gasteiger partial charge on any atom is -0.325 e. The Morgan fingerprint density at radius 3 is 2.15 bits per heavy atom. The summed E-state index contributed by atoms with van der Waals surface area (Å²) in [5, 5.41) is 8.13. The molecule has 3 aromatic rings. The van der Waals surface area contributed by atoms with Crippen molar-refractivity contribution in [3.05, 3.63) is 84.7 Å². The molecule has 0 bridgehead atoms. The first-order valence-electron chi connectivity index (χ1n) is 10.6. The molecule has 8 nitrogen and oxygen atoms in total. The van der Waals surface area contributed by atoms with Crippen molar-refractivity contribution in [2.45, 2.75) is 23.8 Å². The van der Waals surface area contributed by atoms with Gasteiger partial charge in [-0.25, -0.2) is 17.6 Å². The summed E-state index contributed by atoms with van der Waals surface area (Å²) < 4.78 is 40.4. The van der Waals surface area contributed by atoms with Crippen molar-refractivity contribution in [1.29, 1.82) is 0 Å². The molecule has 0 unspecified atom stereocenters. The zero-order valence-corrected chi connectivity index (χ0v) is 18.9. The number of carbonyl (C=O) groups is 2. The first-order chi connectivity index (χ1) is 16.3. The van der Waals surface area contributed by atoms with Crippen LogP contribution in [0.1, 0.15) is 12.8 Å². The molecular formula is C24H23FN4O4S. The summed E-state index contributed by atoms with van der Waals surface area (Å²) in [5.74, 6) is -1.02. The normalized spacial score (nSPS) is 16.1. The van der Waals surface area contributed by atoms with Crippen molar-refractivity contribution in [3.8, 4) is 0 Å². The van der Waals surface area contributed by atoms with E-state index >= 15 is 0 Å². The summed E-state index contributed by atoms with van der Waals surface area (Å²) in [6, 6.07) is 18.7. The largest absolute Gasteiger partial charge is 0.325 e. The van der Waals surface area contributed by atoms with Crippen LogP contribution in [0.5, 0.6) is 0 Å². The van der Waals surface area contributed by atoms with Crippen LogP contribution >= 0.6 is 0 Å². The molecule has 1 saturated heterocycles. The predicted octanol–water partition coefficient (Wildman–Crippen LogP) is 4.26. The molecule has 1 aliphatic heterocycles. The standard InChI is InChI=1S/C24H23FN4O4S/c25-17-11-13-21(14-12-17)34(32,33)29-15-5-10-22(29)23(30)26-19-8-4-9-20(16-19)28-24(31)27-18-6-2-1-3-7-18/h1-4,6-9,11-14,16,22H,5,10,15H2,(H,26,30)(H2,27,28,31)/t22-/m1/s1. The van der Waals surface area contributed by atoms with E-state index in [1.807, 2.05) is 6.07 Å². The number of sulfonamides is 1. The summed E-state index contributed by atoms with van der Waals surface area (Å²) in [7, 11) is -3.96. The van der Waals surface area contributed by atoms with Crippen LogP contribution in [0.3, 0.4) is 0 Å². The highest BCUT2D eigenvalue weighted by molar-refractivity contribution is 7.89. The Hall–Kier alpha value is -3.76. The summed E-state index contributed by atoms with van der Waals surface area (Å²) in [6.45, 7) is 0.194. The molecule has 3 N–H and O–H groups in total. The molecule has 176 valence electrons. The third-order valence-corrected chi connectivity index (χ3v) is 7.27. The van der Waals surface area contributed by atoms with Crippen molar-refractivity contribution in [1.82, 2.24) is 4.31 Å². The van der Waals surface area contributed by atoms with Gasteiger partial charge in [0, 0.05) is 23.6 Å². The second kappa shape index (κ2) is 10.0. The Bertz CT molecular complexity index is 1280. The molecule has 4 rings (SSSR count). The first kappa shape index (κ1) is 23.4.